The molecule has 1 aliphatic rings. The number of hydrogen-bond donors (Lipinski definition) is 0. The third-order valence-electron chi connectivity index (χ3n) is 5.57. The maximum absolute atomic E-state index is 5.87. The van der Waals surface area contributed by atoms with Crippen molar-refractivity contribution in [2.75, 3.05) is 31.1 Å². The molecule has 1 aliphatic heterocycles. The fraction of sp³-hybridized carbons (Fsp3) is 0.261. The maximum Gasteiger partial charge on any atom is 0.225 e. The Bertz CT molecular complexity index is 1200. The quantitative estimate of drug-likeness (QED) is 0.423. The van der Waals surface area contributed by atoms with Gasteiger partial charge in [0.15, 0.2) is 10.6 Å². The summed E-state index contributed by atoms with van der Waals surface area (Å²) in [6, 6.07) is 16.1. The SMILES string of the molecule is S=c1n(CN2CCN(c3ncccn3)CC2)nc(-c2cccnc2)n1Cc1ccccc1. The number of piperazine rings is 1. The first kappa shape index (κ1) is 20.5. The van der Waals surface area contributed by atoms with Crippen LogP contribution in [0.25, 0.3) is 11.4 Å². The van der Waals surface area contributed by atoms with Crippen LogP contribution in [0.15, 0.2) is 73.3 Å². The first-order valence-corrected chi connectivity index (χ1v) is 11.0. The van der Waals surface area contributed by atoms with Gasteiger partial charge < -0.3 is 4.90 Å². The minimum Gasteiger partial charge on any atom is -0.338 e. The van der Waals surface area contributed by atoms with Crippen molar-refractivity contribution >= 4 is 18.2 Å². The van der Waals surface area contributed by atoms with Crippen LogP contribution < -0.4 is 4.90 Å². The Morgan fingerprint density at radius 1 is 0.844 bits per heavy atom. The highest BCUT2D eigenvalue weighted by atomic mass is 32.1. The Morgan fingerprint density at radius 3 is 2.34 bits per heavy atom. The summed E-state index contributed by atoms with van der Waals surface area (Å²) in [5.41, 5.74) is 2.14. The predicted octanol–water partition coefficient (Wildman–Crippen LogP) is 3.09. The fourth-order valence-corrected chi connectivity index (χ4v) is 4.13. The maximum atomic E-state index is 5.87. The summed E-state index contributed by atoms with van der Waals surface area (Å²) in [7, 11) is 0. The molecule has 0 atom stereocenters. The summed E-state index contributed by atoms with van der Waals surface area (Å²) in [4.78, 5) is 17.6. The Kier molecular flexibility index (Phi) is 6.00. The second-order valence-electron chi connectivity index (χ2n) is 7.71. The van der Waals surface area contributed by atoms with E-state index in [-0.39, 0.29) is 0 Å². The van der Waals surface area contributed by atoms with Crippen LogP contribution >= 0.6 is 12.2 Å². The van der Waals surface area contributed by atoms with Crippen molar-refractivity contribution < 1.29 is 0 Å². The summed E-state index contributed by atoms with van der Waals surface area (Å²) in [6.45, 7) is 4.86. The van der Waals surface area contributed by atoms with E-state index in [4.69, 9.17) is 17.3 Å². The van der Waals surface area contributed by atoms with E-state index in [0.29, 0.717) is 18.0 Å². The van der Waals surface area contributed by atoms with E-state index in [2.05, 4.69) is 41.5 Å². The number of rotatable bonds is 6. The van der Waals surface area contributed by atoms with Crippen LogP contribution in [0.5, 0.6) is 0 Å². The highest BCUT2D eigenvalue weighted by molar-refractivity contribution is 7.71. The van der Waals surface area contributed by atoms with Crippen molar-refractivity contribution in [3.05, 3.63) is 83.7 Å². The third kappa shape index (κ3) is 4.44. The summed E-state index contributed by atoms with van der Waals surface area (Å²) < 4.78 is 4.73. The Balaban J connectivity index is 1.37. The van der Waals surface area contributed by atoms with E-state index in [1.165, 1.54) is 5.56 Å². The first-order valence-electron chi connectivity index (χ1n) is 10.6. The Morgan fingerprint density at radius 2 is 1.62 bits per heavy atom. The molecule has 0 radical (unpaired) electrons. The molecular weight excluding hydrogens is 420 g/mol. The lowest BCUT2D eigenvalue weighted by Crippen LogP contribution is -2.47. The van der Waals surface area contributed by atoms with E-state index < -0.39 is 0 Å². The van der Waals surface area contributed by atoms with Gasteiger partial charge in [0, 0.05) is 56.5 Å². The van der Waals surface area contributed by atoms with E-state index in [1.807, 2.05) is 47.3 Å². The van der Waals surface area contributed by atoms with Crippen molar-refractivity contribution in [1.82, 2.24) is 34.2 Å². The van der Waals surface area contributed by atoms with Crippen LogP contribution in [0.3, 0.4) is 0 Å². The third-order valence-corrected chi connectivity index (χ3v) is 6.00. The predicted molar refractivity (Wildman–Crippen MR) is 126 cm³/mol. The molecule has 9 heteroatoms. The molecule has 1 aromatic carbocycles. The van der Waals surface area contributed by atoms with Crippen molar-refractivity contribution in [3.63, 3.8) is 0 Å². The van der Waals surface area contributed by atoms with Crippen molar-refractivity contribution in [3.8, 4) is 11.4 Å². The lowest BCUT2D eigenvalue weighted by Gasteiger charge is -2.34. The van der Waals surface area contributed by atoms with Gasteiger partial charge in [-0.25, -0.2) is 14.6 Å². The van der Waals surface area contributed by atoms with Crippen LogP contribution in [-0.4, -0.2) is 60.4 Å². The minimum atomic E-state index is 0.650. The molecule has 0 spiro atoms. The molecule has 0 saturated carbocycles. The highest BCUT2D eigenvalue weighted by Crippen LogP contribution is 2.20. The number of anilines is 1. The van der Waals surface area contributed by atoms with Gasteiger partial charge in [-0.3, -0.25) is 14.5 Å². The molecule has 3 aromatic heterocycles. The Labute approximate surface area is 191 Å². The minimum absolute atomic E-state index is 0.650. The smallest absolute Gasteiger partial charge is 0.225 e. The van der Waals surface area contributed by atoms with Crippen molar-refractivity contribution in [2.24, 2.45) is 0 Å². The molecule has 5 rings (SSSR count). The van der Waals surface area contributed by atoms with E-state index in [0.717, 1.165) is 43.5 Å². The molecule has 0 amide bonds. The van der Waals surface area contributed by atoms with Crippen LogP contribution in [0, 0.1) is 4.77 Å². The van der Waals surface area contributed by atoms with Gasteiger partial charge in [0.05, 0.1) is 13.2 Å². The Hall–Kier alpha value is -3.43. The summed E-state index contributed by atoms with van der Waals surface area (Å²) in [5, 5.41) is 4.90. The molecule has 4 heterocycles. The average Bonchev–Trinajstić information content (AvgIpc) is 3.16. The van der Waals surface area contributed by atoms with Gasteiger partial charge in [-0.1, -0.05) is 30.3 Å². The van der Waals surface area contributed by atoms with E-state index in [1.54, 1.807) is 18.6 Å². The van der Waals surface area contributed by atoms with Gasteiger partial charge in [-0.05, 0) is 36.0 Å². The summed E-state index contributed by atoms with van der Waals surface area (Å²) in [5.74, 6) is 1.62. The first-order chi connectivity index (χ1) is 15.8. The van der Waals surface area contributed by atoms with Gasteiger partial charge in [0.25, 0.3) is 0 Å². The molecule has 0 N–H and O–H groups in total. The fourth-order valence-electron chi connectivity index (χ4n) is 3.88. The molecule has 162 valence electrons. The average molecular weight is 445 g/mol. The zero-order chi connectivity index (χ0) is 21.8. The van der Waals surface area contributed by atoms with Gasteiger partial charge in [-0.2, -0.15) is 5.10 Å². The number of benzene rings is 1. The monoisotopic (exact) mass is 444 g/mol. The van der Waals surface area contributed by atoms with Crippen molar-refractivity contribution in [2.45, 2.75) is 13.2 Å². The lowest BCUT2D eigenvalue weighted by atomic mass is 10.2. The molecule has 1 saturated heterocycles. The summed E-state index contributed by atoms with van der Waals surface area (Å²) in [6.07, 6.45) is 7.18. The van der Waals surface area contributed by atoms with Crippen LogP contribution in [0.1, 0.15) is 5.56 Å². The van der Waals surface area contributed by atoms with Gasteiger partial charge in [-0.15, -0.1) is 0 Å². The normalized spacial score (nSPS) is 14.6. The van der Waals surface area contributed by atoms with Crippen molar-refractivity contribution in [1.29, 1.82) is 0 Å². The second kappa shape index (κ2) is 9.37. The molecule has 0 aliphatic carbocycles. The molecule has 32 heavy (non-hydrogen) atoms. The largest absolute Gasteiger partial charge is 0.338 e. The zero-order valence-electron chi connectivity index (χ0n) is 17.7. The molecule has 4 aromatic rings. The number of nitrogens with zero attached hydrogens (tertiary/aromatic N) is 8. The van der Waals surface area contributed by atoms with Crippen LogP contribution in [0.2, 0.25) is 0 Å². The zero-order valence-corrected chi connectivity index (χ0v) is 18.5. The highest BCUT2D eigenvalue weighted by Gasteiger charge is 2.21. The number of hydrogen-bond acceptors (Lipinski definition) is 7. The lowest BCUT2D eigenvalue weighted by molar-refractivity contribution is 0.193. The van der Waals surface area contributed by atoms with E-state index >= 15 is 0 Å². The molecular formula is C23H24N8S. The molecule has 1 fully saturated rings. The van der Waals surface area contributed by atoms with Gasteiger partial charge in [0.2, 0.25) is 5.95 Å². The number of pyridine rings is 1. The topological polar surface area (TPSA) is 67.9 Å². The second-order valence-corrected chi connectivity index (χ2v) is 8.08. The van der Waals surface area contributed by atoms with Gasteiger partial charge in [0.1, 0.15) is 0 Å². The van der Waals surface area contributed by atoms with Crippen LogP contribution in [-0.2, 0) is 13.2 Å². The molecule has 8 nitrogen and oxygen atoms in total. The van der Waals surface area contributed by atoms with Gasteiger partial charge >= 0.3 is 0 Å². The van der Waals surface area contributed by atoms with Crippen LogP contribution in [0.4, 0.5) is 5.95 Å². The summed E-state index contributed by atoms with van der Waals surface area (Å²) >= 11 is 5.87. The standard InChI is InChI=1S/C23H24N8S/c32-23-30(17-19-6-2-1-3-7-19)21(20-8-4-9-24-16-20)27-31(23)18-28-12-14-29(15-13-28)22-25-10-5-11-26-22/h1-11,16H,12-15,17-18H2. The van der Waals surface area contributed by atoms with E-state index in [9.17, 15) is 0 Å². The molecule has 0 unspecified atom stereocenters. The number of aromatic nitrogens is 6. The molecule has 0 bridgehead atoms.